The first-order valence-electron chi connectivity index (χ1n) is 8.01. The normalized spacial score (nSPS) is 28.2. The van der Waals surface area contributed by atoms with E-state index in [2.05, 4.69) is 30.0 Å². The first kappa shape index (κ1) is 17.6. The summed E-state index contributed by atoms with van der Waals surface area (Å²) in [6.45, 7) is 4.29. The van der Waals surface area contributed by atoms with E-state index in [0.717, 1.165) is 23.5 Å². The monoisotopic (exact) mass is 369 g/mol. The van der Waals surface area contributed by atoms with Crippen molar-refractivity contribution in [2.45, 2.75) is 12.8 Å². The third-order valence-electron chi connectivity index (χ3n) is 5.21. The van der Waals surface area contributed by atoms with Crippen molar-refractivity contribution < 1.29 is 0 Å². The summed E-state index contributed by atoms with van der Waals surface area (Å²) in [4.78, 5) is 3.04. The van der Waals surface area contributed by atoms with Crippen LogP contribution in [-0.4, -0.2) is 30.2 Å². The Morgan fingerprint density at radius 2 is 2.08 bits per heavy atom. The lowest BCUT2D eigenvalue weighted by Gasteiger charge is -2.47. The Labute approximate surface area is 155 Å². The maximum atomic E-state index is 9.89. The van der Waals surface area contributed by atoms with Gasteiger partial charge in [-0.05, 0) is 24.3 Å². The van der Waals surface area contributed by atoms with Gasteiger partial charge < -0.3 is 5.41 Å². The van der Waals surface area contributed by atoms with Crippen molar-refractivity contribution in [2.75, 3.05) is 19.6 Å². The van der Waals surface area contributed by atoms with Crippen LogP contribution in [0.3, 0.4) is 0 Å². The van der Waals surface area contributed by atoms with Gasteiger partial charge >= 0.3 is 0 Å². The van der Waals surface area contributed by atoms with E-state index in [-0.39, 0.29) is 11.6 Å². The SMILES string of the molecule is CCN1CC=C2C(C#N)C(=N)C(C#N)(C#N)[C@@H](c3ccc(Cl)s3)[C@@H]2C1. The number of likely N-dealkylation sites (N-methyl/N-ethyl adjacent to an activating group) is 1. The van der Waals surface area contributed by atoms with Gasteiger partial charge in [-0.1, -0.05) is 24.6 Å². The summed E-state index contributed by atoms with van der Waals surface area (Å²) in [7, 11) is 0. The van der Waals surface area contributed by atoms with Gasteiger partial charge in [-0.25, -0.2) is 0 Å². The van der Waals surface area contributed by atoms with Crippen LogP contribution >= 0.6 is 22.9 Å². The Balaban J connectivity index is 2.24. The highest BCUT2D eigenvalue weighted by molar-refractivity contribution is 7.16. The van der Waals surface area contributed by atoms with Crippen molar-refractivity contribution in [2.24, 2.45) is 17.3 Å². The molecule has 0 aromatic carbocycles. The van der Waals surface area contributed by atoms with Crippen LogP contribution in [0.1, 0.15) is 17.7 Å². The van der Waals surface area contributed by atoms with E-state index in [4.69, 9.17) is 17.0 Å². The van der Waals surface area contributed by atoms with Gasteiger partial charge in [0.1, 0.15) is 5.92 Å². The largest absolute Gasteiger partial charge is 0.305 e. The zero-order valence-corrected chi connectivity index (χ0v) is 15.2. The summed E-state index contributed by atoms with van der Waals surface area (Å²) >= 11 is 7.44. The van der Waals surface area contributed by atoms with Crippen LogP contribution in [0.2, 0.25) is 4.34 Å². The van der Waals surface area contributed by atoms with Crippen molar-refractivity contribution in [1.29, 1.82) is 21.2 Å². The molecule has 1 aliphatic heterocycles. The number of halogens is 1. The van der Waals surface area contributed by atoms with Gasteiger partial charge in [-0.15, -0.1) is 11.3 Å². The molecule has 3 rings (SSSR count). The van der Waals surface area contributed by atoms with Crippen LogP contribution in [0.5, 0.6) is 0 Å². The summed E-state index contributed by atoms with van der Waals surface area (Å²) in [6.07, 6.45) is 2.00. The highest BCUT2D eigenvalue weighted by Crippen LogP contribution is 2.54. The molecule has 0 spiro atoms. The van der Waals surface area contributed by atoms with E-state index in [1.165, 1.54) is 11.3 Å². The second kappa shape index (κ2) is 6.62. The number of fused-ring (bicyclic) bond motifs is 1. The Bertz CT molecular complexity index is 851. The number of nitrogens with zero attached hydrogens (tertiary/aromatic N) is 4. The number of hydrogen-bond donors (Lipinski definition) is 1. The summed E-state index contributed by atoms with van der Waals surface area (Å²) in [5.74, 6) is -1.45. The standard InChI is InChI=1S/C18H16ClN5S/c1-2-24-6-5-11-12(7-20)17(23)18(9-21,10-22)16(13(11)8-24)14-3-4-15(19)25-14/h3-5,12-13,16,23H,2,6,8H2,1H3/t12?,13-,16-/m1/s1. The van der Waals surface area contributed by atoms with Gasteiger partial charge in [0.2, 0.25) is 0 Å². The highest BCUT2D eigenvalue weighted by atomic mass is 35.5. The smallest absolute Gasteiger partial charge is 0.190 e. The molecule has 0 radical (unpaired) electrons. The third-order valence-corrected chi connectivity index (χ3v) is 6.53. The van der Waals surface area contributed by atoms with E-state index >= 15 is 0 Å². The van der Waals surface area contributed by atoms with Crippen molar-refractivity contribution in [3.8, 4) is 18.2 Å². The van der Waals surface area contributed by atoms with Crippen LogP contribution in [0.25, 0.3) is 0 Å². The maximum Gasteiger partial charge on any atom is 0.190 e. The number of nitriles is 3. The molecule has 1 aliphatic carbocycles. The van der Waals surface area contributed by atoms with Gasteiger partial charge in [0.15, 0.2) is 5.41 Å². The number of hydrogen-bond acceptors (Lipinski definition) is 6. The summed E-state index contributed by atoms with van der Waals surface area (Å²) in [5.41, 5.74) is -0.886. The summed E-state index contributed by atoms with van der Waals surface area (Å²) in [6, 6.07) is 9.91. The lowest BCUT2D eigenvalue weighted by Crippen LogP contribution is -2.52. The van der Waals surface area contributed by atoms with E-state index < -0.39 is 17.3 Å². The number of nitrogens with one attached hydrogen (secondary N) is 1. The molecule has 3 atom stereocenters. The first-order valence-corrected chi connectivity index (χ1v) is 9.20. The number of rotatable bonds is 2. The molecule has 0 amide bonds. The minimum absolute atomic E-state index is 0.109. The molecule has 2 aliphatic rings. The molecule has 1 saturated carbocycles. The Kier molecular flexibility index (Phi) is 4.67. The molecule has 1 aromatic heterocycles. The van der Waals surface area contributed by atoms with Crippen LogP contribution < -0.4 is 0 Å². The molecule has 126 valence electrons. The van der Waals surface area contributed by atoms with Crippen LogP contribution in [-0.2, 0) is 0 Å². The molecule has 0 saturated heterocycles. The summed E-state index contributed by atoms with van der Waals surface area (Å²) < 4.78 is 0.586. The lowest BCUT2D eigenvalue weighted by molar-refractivity contribution is 0.213. The molecule has 1 aromatic rings. The molecule has 5 nitrogen and oxygen atoms in total. The Hall–Kier alpha value is -2.17. The van der Waals surface area contributed by atoms with E-state index in [0.29, 0.717) is 10.9 Å². The summed E-state index contributed by atoms with van der Waals surface area (Å²) in [5, 5.41) is 37.9. The highest BCUT2D eigenvalue weighted by Gasteiger charge is 2.58. The van der Waals surface area contributed by atoms with E-state index in [1.54, 1.807) is 6.07 Å². The molecular weight excluding hydrogens is 354 g/mol. The van der Waals surface area contributed by atoms with Gasteiger partial charge in [-0.2, -0.15) is 15.8 Å². The molecule has 1 fully saturated rings. The Morgan fingerprint density at radius 1 is 1.36 bits per heavy atom. The minimum atomic E-state index is -1.65. The van der Waals surface area contributed by atoms with Gasteiger partial charge in [0.05, 0.1) is 28.3 Å². The van der Waals surface area contributed by atoms with E-state index in [1.807, 2.05) is 12.1 Å². The van der Waals surface area contributed by atoms with Gasteiger partial charge in [0.25, 0.3) is 0 Å². The molecule has 2 heterocycles. The number of thiophene rings is 1. The fourth-order valence-electron chi connectivity index (χ4n) is 3.93. The zero-order valence-electron chi connectivity index (χ0n) is 13.7. The van der Waals surface area contributed by atoms with Crippen molar-refractivity contribution in [1.82, 2.24) is 4.90 Å². The predicted molar refractivity (Wildman–Crippen MR) is 96.2 cm³/mol. The Morgan fingerprint density at radius 3 is 2.60 bits per heavy atom. The van der Waals surface area contributed by atoms with Crippen molar-refractivity contribution in [3.05, 3.63) is 33.0 Å². The fraction of sp³-hybridized carbons (Fsp3) is 0.444. The molecule has 1 unspecified atom stereocenters. The van der Waals surface area contributed by atoms with Crippen molar-refractivity contribution in [3.63, 3.8) is 0 Å². The zero-order chi connectivity index (χ0) is 18.2. The quantitative estimate of drug-likeness (QED) is 0.805. The van der Waals surface area contributed by atoms with Crippen molar-refractivity contribution >= 4 is 28.6 Å². The van der Waals surface area contributed by atoms with Crippen LogP contribution in [0.15, 0.2) is 23.8 Å². The average Bonchev–Trinajstić information content (AvgIpc) is 3.06. The van der Waals surface area contributed by atoms with Gasteiger partial charge in [-0.3, -0.25) is 4.90 Å². The molecule has 0 bridgehead atoms. The third kappa shape index (κ3) is 2.57. The molecule has 1 N–H and O–H groups in total. The lowest BCUT2D eigenvalue weighted by atomic mass is 9.55. The second-order valence-corrected chi connectivity index (χ2v) is 8.04. The van der Waals surface area contributed by atoms with Crippen LogP contribution in [0, 0.1) is 56.7 Å². The fourth-order valence-corrected chi connectivity index (χ4v) is 5.22. The predicted octanol–water partition coefficient (Wildman–Crippen LogP) is 3.57. The van der Waals surface area contributed by atoms with E-state index in [9.17, 15) is 15.8 Å². The average molecular weight is 370 g/mol. The molecule has 25 heavy (non-hydrogen) atoms. The molecular formula is C18H16ClN5S. The first-order chi connectivity index (χ1) is 12.0. The topological polar surface area (TPSA) is 98.5 Å². The maximum absolute atomic E-state index is 9.89. The minimum Gasteiger partial charge on any atom is -0.305 e. The van der Waals surface area contributed by atoms with Crippen LogP contribution in [0.4, 0.5) is 0 Å². The van der Waals surface area contributed by atoms with Gasteiger partial charge in [0, 0.05) is 29.8 Å². The molecule has 7 heteroatoms. The second-order valence-electron chi connectivity index (χ2n) is 6.29.